The third-order valence-corrected chi connectivity index (χ3v) is 5.74. The maximum absolute atomic E-state index is 10.3. The molecule has 5 heteroatoms. The summed E-state index contributed by atoms with van der Waals surface area (Å²) in [4.78, 5) is 0. The van der Waals surface area contributed by atoms with E-state index in [1.165, 1.54) is 18.4 Å². The van der Waals surface area contributed by atoms with Crippen LogP contribution < -0.4 is 19.5 Å². The molecule has 1 aliphatic carbocycles. The number of benzene rings is 2. The van der Waals surface area contributed by atoms with Crippen LogP contribution in [-0.4, -0.2) is 44.1 Å². The van der Waals surface area contributed by atoms with Crippen molar-refractivity contribution in [2.24, 2.45) is 0 Å². The quantitative estimate of drug-likeness (QED) is 0.732. The first-order valence-corrected chi connectivity index (χ1v) is 10.2. The molecule has 0 bridgehead atoms. The van der Waals surface area contributed by atoms with Crippen molar-refractivity contribution in [2.45, 2.75) is 37.2 Å². The van der Waals surface area contributed by atoms with Gasteiger partial charge in [-0.05, 0) is 42.7 Å². The van der Waals surface area contributed by atoms with Gasteiger partial charge in [-0.1, -0.05) is 37.1 Å². The van der Waals surface area contributed by atoms with Crippen LogP contribution in [0.25, 0.3) is 0 Å². The summed E-state index contributed by atoms with van der Waals surface area (Å²) in [5.41, 5.74) is 1.40. The lowest BCUT2D eigenvalue weighted by molar-refractivity contribution is 0.105. The highest BCUT2D eigenvalue weighted by Crippen LogP contribution is 2.43. The Kier molecular flexibility index (Phi) is 6.03. The van der Waals surface area contributed by atoms with Crippen molar-refractivity contribution in [1.29, 1.82) is 0 Å². The minimum atomic E-state index is -0.543. The van der Waals surface area contributed by atoms with E-state index in [-0.39, 0.29) is 12.0 Å². The van der Waals surface area contributed by atoms with Gasteiger partial charge < -0.3 is 24.6 Å². The summed E-state index contributed by atoms with van der Waals surface area (Å²) in [5.74, 6) is 2.47. The summed E-state index contributed by atoms with van der Waals surface area (Å²) >= 11 is 0. The molecule has 5 nitrogen and oxygen atoms in total. The van der Waals surface area contributed by atoms with Crippen molar-refractivity contribution >= 4 is 0 Å². The zero-order valence-corrected chi connectivity index (χ0v) is 16.2. The first kappa shape index (κ1) is 19.1. The number of para-hydroxylation sites is 1. The maximum Gasteiger partial charge on any atom is 0.161 e. The molecule has 1 saturated carbocycles. The van der Waals surface area contributed by atoms with Gasteiger partial charge in [-0.15, -0.1) is 0 Å². The van der Waals surface area contributed by atoms with Gasteiger partial charge in [0.15, 0.2) is 11.5 Å². The third-order valence-electron chi connectivity index (χ3n) is 5.74. The van der Waals surface area contributed by atoms with Crippen molar-refractivity contribution < 1.29 is 19.3 Å². The van der Waals surface area contributed by atoms with E-state index in [1.54, 1.807) is 0 Å². The largest absolute Gasteiger partial charge is 0.491 e. The van der Waals surface area contributed by atoms with E-state index in [0.29, 0.717) is 19.8 Å². The molecule has 2 aromatic rings. The van der Waals surface area contributed by atoms with E-state index in [1.807, 2.05) is 36.4 Å². The highest BCUT2D eigenvalue weighted by molar-refractivity contribution is 5.46. The third kappa shape index (κ3) is 4.42. The molecule has 0 unspecified atom stereocenters. The van der Waals surface area contributed by atoms with E-state index in [4.69, 9.17) is 14.2 Å². The lowest BCUT2D eigenvalue weighted by Gasteiger charge is -2.32. The molecule has 4 rings (SSSR count). The fourth-order valence-corrected chi connectivity index (χ4v) is 4.24. The molecule has 2 aliphatic rings. The van der Waals surface area contributed by atoms with E-state index >= 15 is 0 Å². The van der Waals surface area contributed by atoms with Gasteiger partial charge in [0.2, 0.25) is 0 Å². The minimum absolute atomic E-state index is 0.0931. The van der Waals surface area contributed by atoms with Gasteiger partial charge in [-0.2, -0.15) is 0 Å². The van der Waals surface area contributed by atoms with E-state index < -0.39 is 6.10 Å². The molecule has 28 heavy (non-hydrogen) atoms. The normalized spacial score (nSPS) is 18.6. The van der Waals surface area contributed by atoms with Gasteiger partial charge in [-0.3, -0.25) is 0 Å². The van der Waals surface area contributed by atoms with Gasteiger partial charge in [0.1, 0.15) is 31.7 Å². The van der Waals surface area contributed by atoms with Crippen molar-refractivity contribution in [3.8, 4) is 17.2 Å². The Morgan fingerprint density at radius 2 is 1.75 bits per heavy atom. The van der Waals surface area contributed by atoms with Crippen molar-refractivity contribution in [2.75, 3.05) is 32.9 Å². The molecule has 1 aliphatic heterocycles. The van der Waals surface area contributed by atoms with Crippen LogP contribution in [0.3, 0.4) is 0 Å². The second kappa shape index (κ2) is 8.84. The molecular weight excluding hydrogens is 354 g/mol. The van der Waals surface area contributed by atoms with E-state index in [9.17, 15) is 5.11 Å². The van der Waals surface area contributed by atoms with Crippen LogP contribution in [0.1, 0.15) is 31.2 Å². The van der Waals surface area contributed by atoms with Crippen LogP contribution in [0, 0.1) is 0 Å². The predicted molar refractivity (Wildman–Crippen MR) is 108 cm³/mol. The van der Waals surface area contributed by atoms with Crippen molar-refractivity contribution in [3.63, 3.8) is 0 Å². The fourth-order valence-electron chi connectivity index (χ4n) is 4.24. The topological polar surface area (TPSA) is 60.0 Å². The summed E-state index contributed by atoms with van der Waals surface area (Å²) in [6, 6.07) is 16.0. The van der Waals surface area contributed by atoms with Gasteiger partial charge in [0.05, 0.1) is 0 Å². The number of nitrogens with one attached hydrogen (secondary N) is 1. The van der Waals surface area contributed by atoms with Crippen molar-refractivity contribution in [1.82, 2.24) is 5.32 Å². The number of rotatable bonds is 8. The number of ether oxygens (including phenoxy) is 3. The molecule has 2 N–H and O–H groups in total. The molecule has 1 atom stereocenters. The summed E-state index contributed by atoms with van der Waals surface area (Å²) in [6.45, 7) is 2.86. The maximum atomic E-state index is 10.3. The Bertz CT molecular complexity index is 758. The van der Waals surface area contributed by atoms with Crippen LogP contribution in [0.5, 0.6) is 17.2 Å². The molecule has 0 radical (unpaired) electrons. The summed E-state index contributed by atoms with van der Waals surface area (Å²) < 4.78 is 17.1. The standard InChI is InChI=1S/C23H29NO4/c25-19(16-28-20-6-2-1-3-7-20)15-24-17-23(10-4-5-11-23)18-8-9-21-22(14-18)27-13-12-26-21/h1-3,6-9,14,19,24-25H,4-5,10-13,15-17H2/t19-/m1/s1. The second-order valence-corrected chi connectivity index (χ2v) is 7.75. The zero-order valence-electron chi connectivity index (χ0n) is 16.2. The van der Waals surface area contributed by atoms with Gasteiger partial charge in [-0.25, -0.2) is 0 Å². The molecular formula is C23H29NO4. The SMILES string of the molecule is O[C@H](CNCC1(c2ccc3c(c2)OCCO3)CCCC1)COc1ccccc1. The van der Waals surface area contributed by atoms with Crippen LogP contribution in [0.4, 0.5) is 0 Å². The van der Waals surface area contributed by atoms with Gasteiger partial charge >= 0.3 is 0 Å². The molecule has 0 amide bonds. The number of aliphatic hydroxyl groups excluding tert-OH is 1. The first-order chi connectivity index (χ1) is 13.8. The molecule has 150 valence electrons. The summed E-state index contributed by atoms with van der Waals surface area (Å²) in [6.07, 6.45) is 4.22. The Morgan fingerprint density at radius 3 is 2.54 bits per heavy atom. The molecule has 0 saturated heterocycles. The Morgan fingerprint density at radius 1 is 1.00 bits per heavy atom. The monoisotopic (exact) mass is 383 g/mol. The Balaban J connectivity index is 1.33. The molecule has 1 heterocycles. The van der Waals surface area contributed by atoms with Crippen molar-refractivity contribution in [3.05, 3.63) is 54.1 Å². The fraction of sp³-hybridized carbons (Fsp3) is 0.478. The van der Waals surface area contributed by atoms with Crippen LogP contribution in [-0.2, 0) is 5.41 Å². The zero-order chi connectivity index (χ0) is 19.2. The average Bonchev–Trinajstić information content (AvgIpc) is 3.23. The predicted octanol–water partition coefficient (Wildman–Crippen LogP) is 3.30. The Labute approximate surface area is 166 Å². The van der Waals surface area contributed by atoms with Crippen LogP contribution in [0.2, 0.25) is 0 Å². The average molecular weight is 383 g/mol. The van der Waals surface area contributed by atoms with Gasteiger partial charge in [0.25, 0.3) is 0 Å². The van der Waals surface area contributed by atoms with E-state index in [0.717, 1.165) is 36.6 Å². The second-order valence-electron chi connectivity index (χ2n) is 7.75. The van der Waals surface area contributed by atoms with Crippen LogP contribution >= 0.6 is 0 Å². The first-order valence-electron chi connectivity index (χ1n) is 10.2. The molecule has 2 aromatic carbocycles. The number of aliphatic hydroxyl groups is 1. The summed E-state index contributed by atoms with van der Waals surface area (Å²) in [5, 5.41) is 13.8. The number of hydrogen-bond acceptors (Lipinski definition) is 5. The molecule has 0 aromatic heterocycles. The minimum Gasteiger partial charge on any atom is -0.491 e. The number of fused-ring (bicyclic) bond motifs is 1. The molecule has 1 fully saturated rings. The lowest BCUT2D eigenvalue weighted by Crippen LogP contribution is -2.40. The highest BCUT2D eigenvalue weighted by atomic mass is 16.6. The lowest BCUT2D eigenvalue weighted by atomic mass is 9.78. The molecule has 0 spiro atoms. The van der Waals surface area contributed by atoms with E-state index in [2.05, 4.69) is 17.4 Å². The smallest absolute Gasteiger partial charge is 0.161 e. The van der Waals surface area contributed by atoms with Gasteiger partial charge in [0, 0.05) is 18.5 Å². The van der Waals surface area contributed by atoms with Crippen LogP contribution in [0.15, 0.2) is 48.5 Å². The Hall–Kier alpha value is -2.24. The number of hydrogen-bond donors (Lipinski definition) is 2. The highest BCUT2D eigenvalue weighted by Gasteiger charge is 2.36. The summed E-state index contributed by atoms with van der Waals surface area (Å²) in [7, 11) is 0.